The number of fused-ring (bicyclic) bond motifs is 1. The van der Waals surface area contributed by atoms with Crippen LogP contribution >= 0.6 is 27.5 Å². The zero-order chi connectivity index (χ0) is 11.9. The fourth-order valence-electron chi connectivity index (χ4n) is 1.41. The number of aromatic amines is 1. The lowest BCUT2D eigenvalue weighted by atomic mass is 10.2. The molecule has 1 aromatic heterocycles. The first-order chi connectivity index (χ1) is 7.54. The summed E-state index contributed by atoms with van der Waals surface area (Å²) in [5.74, 6) is -1.06. The van der Waals surface area contributed by atoms with E-state index in [0.29, 0.717) is 10.4 Å². The van der Waals surface area contributed by atoms with Crippen LogP contribution in [0.2, 0.25) is 5.02 Å². The summed E-state index contributed by atoms with van der Waals surface area (Å²) in [6.45, 7) is 0. The lowest BCUT2D eigenvalue weighted by Gasteiger charge is -1.98. The number of carbonyl (C=O) groups is 1. The number of hydrogen-bond donors (Lipinski definition) is 1. The van der Waals surface area contributed by atoms with Gasteiger partial charge in [0.05, 0.1) is 22.1 Å². The molecule has 84 valence electrons. The third kappa shape index (κ3) is 1.70. The highest BCUT2D eigenvalue weighted by Gasteiger charge is 2.16. The largest absolute Gasteiger partial charge is 0.464 e. The predicted molar refractivity (Wildman–Crippen MR) is 62.3 cm³/mol. The molecular weight excluding hydrogens is 300 g/mol. The third-order valence-corrected chi connectivity index (χ3v) is 3.05. The zero-order valence-electron chi connectivity index (χ0n) is 8.11. The van der Waals surface area contributed by atoms with E-state index in [1.165, 1.54) is 19.2 Å². The summed E-state index contributed by atoms with van der Waals surface area (Å²) in [5, 5.41) is 0.803. The van der Waals surface area contributed by atoms with E-state index in [2.05, 4.69) is 25.7 Å². The topological polar surface area (TPSA) is 42.1 Å². The SMILES string of the molecule is COC(=O)c1cc2c(Cl)cc(Br)c(F)c2[nH]1. The summed E-state index contributed by atoms with van der Waals surface area (Å²) < 4.78 is 18.4. The minimum atomic E-state index is -0.567. The van der Waals surface area contributed by atoms with E-state index in [9.17, 15) is 9.18 Å². The molecule has 0 atom stereocenters. The van der Waals surface area contributed by atoms with Gasteiger partial charge in [0.15, 0.2) is 5.82 Å². The van der Waals surface area contributed by atoms with E-state index in [1.807, 2.05) is 0 Å². The average molecular weight is 307 g/mol. The molecule has 0 fully saturated rings. The predicted octanol–water partition coefficient (Wildman–Crippen LogP) is 3.51. The van der Waals surface area contributed by atoms with Crippen LogP contribution in [0.4, 0.5) is 4.39 Å². The number of ether oxygens (including phenoxy) is 1. The third-order valence-electron chi connectivity index (χ3n) is 2.16. The highest BCUT2D eigenvalue weighted by molar-refractivity contribution is 9.10. The number of benzene rings is 1. The molecule has 6 heteroatoms. The van der Waals surface area contributed by atoms with Crippen molar-refractivity contribution in [3.63, 3.8) is 0 Å². The molecule has 0 saturated carbocycles. The van der Waals surface area contributed by atoms with Crippen LogP contribution in [0, 0.1) is 5.82 Å². The van der Waals surface area contributed by atoms with Gasteiger partial charge in [-0.3, -0.25) is 0 Å². The van der Waals surface area contributed by atoms with Gasteiger partial charge in [-0.1, -0.05) is 11.6 Å². The Kier molecular flexibility index (Phi) is 2.90. The number of H-pyrrole nitrogens is 1. The number of nitrogens with one attached hydrogen (secondary N) is 1. The highest BCUT2D eigenvalue weighted by Crippen LogP contribution is 2.31. The van der Waals surface area contributed by atoms with Crippen LogP contribution in [0.3, 0.4) is 0 Å². The fraction of sp³-hybridized carbons (Fsp3) is 0.100. The monoisotopic (exact) mass is 305 g/mol. The van der Waals surface area contributed by atoms with Crippen LogP contribution in [-0.4, -0.2) is 18.1 Å². The molecule has 3 nitrogen and oxygen atoms in total. The van der Waals surface area contributed by atoms with Gasteiger partial charge in [-0.2, -0.15) is 0 Å². The smallest absolute Gasteiger partial charge is 0.354 e. The normalized spacial score (nSPS) is 10.8. The molecule has 0 aliphatic carbocycles. The number of halogens is 3. The van der Waals surface area contributed by atoms with Crippen LogP contribution in [-0.2, 0) is 4.74 Å². The summed E-state index contributed by atoms with van der Waals surface area (Å²) >= 11 is 8.96. The van der Waals surface area contributed by atoms with E-state index in [-0.39, 0.29) is 15.7 Å². The maximum atomic E-state index is 13.7. The summed E-state index contributed by atoms with van der Waals surface area (Å²) in [5.41, 5.74) is 0.344. The van der Waals surface area contributed by atoms with Crippen molar-refractivity contribution in [1.29, 1.82) is 0 Å². The molecule has 1 heterocycles. The fourth-order valence-corrected chi connectivity index (χ4v) is 2.22. The molecule has 0 amide bonds. The number of aromatic nitrogens is 1. The minimum absolute atomic E-state index is 0.163. The molecule has 0 bridgehead atoms. The van der Waals surface area contributed by atoms with E-state index in [1.54, 1.807) is 0 Å². The number of hydrogen-bond acceptors (Lipinski definition) is 2. The van der Waals surface area contributed by atoms with Crippen molar-refractivity contribution in [2.75, 3.05) is 7.11 Å². The molecule has 0 aliphatic rings. The number of methoxy groups -OCH3 is 1. The Morgan fingerprint density at radius 3 is 2.88 bits per heavy atom. The van der Waals surface area contributed by atoms with Crippen molar-refractivity contribution in [3.05, 3.63) is 33.1 Å². The van der Waals surface area contributed by atoms with Crippen molar-refractivity contribution < 1.29 is 13.9 Å². The Bertz CT molecular complexity index is 582. The van der Waals surface area contributed by atoms with E-state index >= 15 is 0 Å². The Labute approximate surface area is 104 Å². The molecule has 0 aliphatic heterocycles. The molecular formula is C10H6BrClFNO2. The van der Waals surface area contributed by atoms with Gasteiger partial charge in [0.2, 0.25) is 0 Å². The summed E-state index contributed by atoms with van der Waals surface area (Å²) in [7, 11) is 1.25. The molecule has 2 aromatic rings. The Morgan fingerprint density at radius 2 is 2.25 bits per heavy atom. The molecule has 2 rings (SSSR count). The van der Waals surface area contributed by atoms with Crippen molar-refractivity contribution >= 4 is 44.4 Å². The Balaban J connectivity index is 2.74. The minimum Gasteiger partial charge on any atom is -0.464 e. The number of rotatable bonds is 1. The van der Waals surface area contributed by atoms with Crippen LogP contribution in [0.15, 0.2) is 16.6 Å². The zero-order valence-corrected chi connectivity index (χ0v) is 10.4. The van der Waals surface area contributed by atoms with Crippen LogP contribution in [0.5, 0.6) is 0 Å². The number of carbonyl (C=O) groups excluding carboxylic acids is 1. The first kappa shape index (κ1) is 11.4. The molecule has 0 unspecified atom stereocenters. The van der Waals surface area contributed by atoms with E-state index in [4.69, 9.17) is 11.6 Å². The Morgan fingerprint density at radius 1 is 1.56 bits per heavy atom. The van der Waals surface area contributed by atoms with Crippen molar-refractivity contribution in [2.45, 2.75) is 0 Å². The molecule has 1 N–H and O–H groups in total. The van der Waals surface area contributed by atoms with Crippen molar-refractivity contribution in [1.82, 2.24) is 4.98 Å². The lowest BCUT2D eigenvalue weighted by Crippen LogP contribution is -2.00. The molecule has 1 aromatic carbocycles. The van der Waals surface area contributed by atoms with Gasteiger partial charge in [0, 0.05) is 5.39 Å². The highest BCUT2D eigenvalue weighted by atomic mass is 79.9. The molecule has 0 spiro atoms. The van der Waals surface area contributed by atoms with Gasteiger partial charge in [0.25, 0.3) is 0 Å². The van der Waals surface area contributed by atoms with Gasteiger partial charge in [-0.25, -0.2) is 9.18 Å². The van der Waals surface area contributed by atoms with Crippen molar-refractivity contribution in [2.24, 2.45) is 0 Å². The second kappa shape index (κ2) is 4.07. The summed E-state index contributed by atoms with van der Waals surface area (Å²) in [4.78, 5) is 13.9. The van der Waals surface area contributed by atoms with Gasteiger partial charge in [-0.05, 0) is 28.1 Å². The summed E-state index contributed by atoms with van der Waals surface area (Å²) in [6.07, 6.45) is 0. The lowest BCUT2D eigenvalue weighted by molar-refractivity contribution is 0.0595. The first-order valence-corrected chi connectivity index (χ1v) is 5.46. The number of esters is 1. The first-order valence-electron chi connectivity index (χ1n) is 4.29. The molecule has 16 heavy (non-hydrogen) atoms. The molecule has 0 saturated heterocycles. The van der Waals surface area contributed by atoms with Gasteiger partial charge < -0.3 is 9.72 Å². The summed E-state index contributed by atoms with van der Waals surface area (Å²) in [6, 6.07) is 2.90. The van der Waals surface area contributed by atoms with Gasteiger partial charge >= 0.3 is 5.97 Å². The van der Waals surface area contributed by atoms with Crippen LogP contribution in [0.25, 0.3) is 10.9 Å². The Hall–Kier alpha value is -1.07. The quantitative estimate of drug-likeness (QED) is 0.647. The van der Waals surface area contributed by atoms with E-state index < -0.39 is 11.8 Å². The van der Waals surface area contributed by atoms with E-state index in [0.717, 1.165) is 0 Å². The van der Waals surface area contributed by atoms with Gasteiger partial charge in [0.1, 0.15) is 5.69 Å². The van der Waals surface area contributed by atoms with Crippen LogP contribution < -0.4 is 0 Å². The average Bonchev–Trinajstić information content (AvgIpc) is 2.70. The standard InChI is InChI=1S/C10H6BrClFNO2/c1-16-10(15)7-2-4-6(12)3-5(11)8(13)9(4)14-7/h2-3,14H,1H3. The second-order valence-corrected chi connectivity index (χ2v) is 4.38. The second-order valence-electron chi connectivity index (χ2n) is 3.12. The maximum absolute atomic E-state index is 13.7. The van der Waals surface area contributed by atoms with Gasteiger partial charge in [-0.15, -0.1) is 0 Å². The molecule has 0 radical (unpaired) electrons. The van der Waals surface area contributed by atoms with Crippen molar-refractivity contribution in [3.8, 4) is 0 Å². The van der Waals surface area contributed by atoms with Crippen LogP contribution in [0.1, 0.15) is 10.5 Å². The maximum Gasteiger partial charge on any atom is 0.354 e.